The van der Waals surface area contributed by atoms with Gasteiger partial charge in [-0.05, 0) is 46.5 Å². The normalized spacial score (nSPS) is 22.0. The minimum absolute atomic E-state index is 0.270. The monoisotopic (exact) mass is 310 g/mol. The molecule has 2 aliphatic rings. The first-order valence-electron chi connectivity index (χ1n) is 6.58. The van der Waals surface area contributed by atoms with Crippen molar-refractivity contribution in [2.75, 3.05) is 37.7 Å². The molecule has 0 amide bonds. The second kappa shape index (κ2) is 4.83. The largest absolute Gasteiger partial charge is 0.378 e. The fourth-order valence-electron chi connectivity index (χ4n) is 2.66. The van der Waals surface area contributed by atoms with Gasteiger partial charge in [-0.25, -0.2) is 0 Å². The van der Waals surface area contributed by atoms with E-state index in [4.69, 9.17) is 10.5 Å². The molecular formula is C14H19BrN2O. The molecule has 3 rings (SSSR count). The lowest BCUT2D eigenvalue weighted by Crippen LogP contribution is -2.36. The molecule has 18 heavy (non-hydrogen) atoms. The van der Waals surface area contributed by atoms with E-state index in [1.54, 1.807) is 0 Å². The van der Waals surface area contributed by atoms with E-state index in [0.717, 1.165) is 32.8 Å². The van der Waals surface area contributed by atoms with E-state index in [2.05, 4.69) is 39.0 Å². The first-order chi connectivity index (χ1) is 8.75. The Kier molecular flexibility index (Phi) is 3.34. The molecule has 1 aromatic carbocycles. The number of nitrogens with zero attached hydrogens (tertiary/aromatic N) is 1. The van der Waals surface area contributed by atoms with Gasteiger partial charge in [0, 0.05) is 29.5 Å². The number of ether oxygens (including phenoxy) is 1. The Hall–Kier alpha value is -0.580. The maximum Gasteiger partial charge on any atom is 0.0642 e. The van der Waals surface area contributed by atoms with Gasteiger partial charge in [-0.15, -0.1) is 0 Å². The number of nitrogens with two attached hydrogens (primary N) is 1. The second-order valence-electron chi connectivity index (χ2n) is 5.25. The Labute approximate surface area is 116 Å². The van der Waals surface area contributed by atoms with Crippen LogP contribution >= 0.6 is 15.9 Å². The fourth-order valence-corrected chi connectivity index (χ4v) is 3.29. The minimum atomic E-state index is 0.270. The van der Waals surface area contributed by atoms with Crippen molar-refractivity contribution in [2.45, 2.75) is 18.3 Å². The van der Waals surface area contributed by atoms with Crippen LogP contribution in [0.3, 0.4) is 0 Å². The average Bonchev–Trinajstić information content (AvgIpc) is 3.21. The SMILES string of the molecule is NCC1(c2ccc(N3CCOCC3)c(Br)c2)CC1. The summed E-state index contributed by atoms with van der Waals surface area (Å²) in [5.74, 6) is 0. The Balaban J connectivity index is 1.84. The van der Waals surface area contributed by atoms with Crippen LogP contribution in [0, 0.1) is 0 Å². The molecule has 0 unspecified atom stereocenters. The number of halogens is 1. The van der Waals surface area contributed by atoms with Crippen LogP contribution in [-0.2, 0) is 10.2 Å². The average molecular weight is 311 g/mol. The zero-order valence-corrected chi connectivity index (χ0v) is 12.1. The molecule has 0 atom stereocenters. The third kappa shape index (κ3) is 2.17. The van der Waals surface area contributed by atoms with E-state index >= 15 is 0 Å². The van der Waals surface area contributed by atoms with Crippen LogP contribution in [0.1, 0.15) is 18.4 Å². The van der Waals surface area contributed by atoms with Crippen LogP contribution in [0.15, 0.2) is 22.7 Å². The highest BCUT2D eigenvalue weighted by atomic mass is 79.9. The van der Waals surface area contributed by atoms with Crippen LogP contribution < -0.4 is 10.6 Å². The van der Waals surface area contributed by atoms with Crippen LogP contribution in [0.4, 0.5) is 5.69 Å². The highest BCUT2D eigenvalue weighted by molar-refractivity contribution is 9.10. The molecule has 3 nitrogen and oxygen atoms in total. The third-order valence-corrected chi connectivity index (χ3v) is 4.79. The zero-order valence-electron chi connectivity index (χ0n) is 10.5. The standard InChI is InChI=1S/C14H19BrN2O/c15-12-9-11(14(10-16)3-4-14)1-2-13(12)17-5-7-18-8-6-17/h1-2,9H,3-8,10,16H2. The van der Waals surface area contributed by atoms with E-state index in [1.165, 1.54) is 28.6 Å². The van der Waals surface area contributed by atoms with E-state index in [0.29, 0.717) is 0 Å². The Morgan fingerprint density at radius 1 is 1.28 bits per heavy atom. The van der Waals surface area contributed by atoms with Gasteiger partial charge in [0.2, 0.25) is 0 Å². The van der Waals surface area contributed by atoms with Gasteiger partial charge in [0.05, 0.1) is 18.9 Å². The van der Waals surface area contributed by atoms with Gasteiger partial charge in [-0.3, -0.25) is 0 Å². The summed E-state index contributed by atoms with van der Waals surface area (Å²) in [5, 5.41) is 0. The molecule has 0 bridgehead atoms. The molecule has 1 aliphatic carbocycles. The molecule has 1 saturated heterocycles. The quantitative estimate of drug-likeness (QED) is 0.931. The summed E-state index contributed by atoms with van der Waals surface area (Å²) >= 11 is 3.71. The first-order valence-corrected chi connectivity index (χ1v) is 7.37. The van der Waals surface area contributed by atoms with Gasteiger partial charge in [0.15, 0.2) is 0 Å². The number of rotatable bonds is 3. The summed E-state index contributed by atoms with van der Waals surface area (Å²) in [6.07, 6.45) is 2.46. The van der Waals surface area contributed by atoms with E-state index in [9.17, 15) is 0 Å². The van der Waals surface area contributed by atoms with Gasteiger partial charge >= 0.3 is 0 Å². The Bertz CT molecular complexity index is 439. The molecule has 1 aliphatic heterocycles. The lowest BCUT2D eigenvalue weighted by atomic mass is 9.96. The van der Waals surface area contributed by atoms with Crippen LogP contribution in [0.2, 0.25) is 0 Å². The summed E-state index contributed by atoms with van der Waals surface area (Å²) in [6, 6.07) is 6.72. The smallest absolute Gasteiger partial charge is 0.0642 e. The molecule has 0 radical (unpaired) electrons. The van der Waals surface area contributed by atoms with E-state index in [-0.39, 0.29) is 5.41 Å². The second-order valence-corrected chi connectivity index (χ2v) is 6.10. The Morgan fingerprint density at radius 3 is 2.56 bits per heavy atom. The molecule has 2 fully saturated rings. The van der Waals surface area contributed by atoms with Gasteiger partial charge in [-0.2, -0.15) is 0 Å². The van der Waals surface area contributed by atoms with Crippen molar-refractivity contribution in [1.82, 2.24) is 0 Å². The van der Waals surface area contributed by atoms with Crippen LogP contribution in [0.5, 0.6) is 0 Å². The molecule has 0 spiro atoms. The third-order valence-electron chi connectivity index (χ3n) is 4.16. The molecule has 1 saturated carbocycles. The number of hydrogen-bond acceptors (Lipinski definition) is 3. The van der Waals surface area contributed by atoms with E-state index in [1.807, 2.05) is 0 Å². The predicted octanol–water partition coefficient (Wildman–Crippen LogP) is 2.28. The van der Waals surface area contributed by atoms with Gasteiger partial charge < -0.3 is 15.4 Å². The van der Waals surface area contributed by atoms with Crippen LogP contribution in [0.25, 0.3) is 0 Å². The number of benzene rings is 1. The van der Waals surface area contributed by atoms with Gasteiger partial charge in [0.1, 0.15) is 0 Å². The number of anilines is 1. The van der Waals surface area contributed by atoms with Gasteiger partial charge in [0.25, 0.3) is 0 Å². The van der Waals surface area contributed by atoms with Crippen molar-refractivity contribution < 1.29 is 4.74 Å². The predicted molar refractivity (Wildman–Crippen MR) is 77.1 cm³/mol. The van der Waals surface area contributed by atoms with Crippen molar-refractivity contribution in [1.29, 1.82) is 0 Å². The maximum atomic E-state index is 5.89. The minimum Gasteiger partial charge on any atom is -0.378 e. The van der Waals surface area contributed by atoms with Crippen molar-refractivity contribution in [3.05, 3.63) is 28.2 Å². The first kappa shape index (κ1) is 12.5. The molecule has 0 aromatic heterocycles. The molecule has 2 N–H and O–H groups in total. The molecular weight excluding hydrogens is 292 g/mol. The van der Waals surface area contributed by atoms with Gasteiger partial charge in [-0.1, -0.05) is 6.07 Å². The molecule has 4 heteroatoms. The number of hydrogen-bond donors (Lipinski definition) is 1. The summed E-state index contributed by atoms with van der Waals surface area (Å²) in [6.45, 7) is 4.35. The lowest BCUT2D eigenvalue weighted by Gasteiger charge is -2.30. The summed E-state index contributed by atoms with van der Waals surface area (Å²) in [4.78, 5) is 2.37. The van der Waals surface area contributed by atoms with Crippen molar-refractivity contribution in [3.8, 4) is 0 Å². The zero-order chi connectivity index (χ0) is 12.6. The lowest BCUT2D eigenvalue weighted by molar-refractivity contribution is 0.122. The molecule has 98 valence electrons. The maximum absolute atomic E-state index is 5.89. The van der Waals surface area contributed by atoms with Crippen molar-refractivity contribution >= 4 is 21.6 Å². The van der Waals surface area contributed by atoms with E-state index < -0.39 is 0 Å². The highest BCUT2D eigenvalue weighted by Crippen LogP contribution is 2.48. The number of morpholine rings is 1. The van der Waals surface area contributed by atoms with Crippen molar-refractivity contribution in [2.24, 2.45) is 5.73 Å². The topological polar surface area (TPSA) is 38.5 Å². The Morgan fingerprint density at radius 2 is 2.00 bits per heavy atom. The van der Waals surface area contributed by atoms with Crippen LogP contribution in [-0.4, -0.2) is 32.8 Å². The van der Waals surface area contributed by atoms with Crippen molar-refractivity contribution in [3.63, 3.8) is 0 Å². The highest BCUT2D eigenvalue weighted by Gasteiger charge is 2.43. The molecule has 1 aromatic rings. The fraction of sp³-hybridized carbons (Fsp3) is 0.571. The summed E-state index contributed by atoms with van der Waals surface area (Å²) in [5.41, 5.74) is 8.82. The molecule has 1 heterocycles. The summed E-state index contributed by atoms with van der Waals surface area (Å²) < 4.78 is 6.58. The summed E-state index contributed by atoms with van der Waals surface area (Å²) in [7, 11) is 0.